The molecule has 104 valence electrons. The van der Waals surface area contributed by atoms with Gasteiger partial charge in [0.1, 0.15) is 5.75 Å². The number of fused-ring (bicyclic) bond motifs is 1. The average Bonchev–Trinajstić information content (AvgIpc) is 2.38. The lowest BCUT2D eigenvalue weighted by molar-refractivity contribution is -0.118. The van der Waals surface area contributed by atoms with Crippen molar-refractivity contribution >= 4 is 5.91 Å². The maximum Gasteiger partial charge on any atom is 0.217 e. The lowest BCUT2D eigenvalue weighted by Gasteiger charge is -2.26. The Morgan fingerprint density at radius 1 is 1.42 bits per heavy atom. The Morgan fingerprint density at radius 2 is 2.26 bits per heavy atom. The molecule has 0 fully saturated rings. The molecule has 19 heavy (non-hydrogen) atoms. The third-order valence-corrected chi connectivity index (χ3v) is 3.68. The highest BCUT2D eigenvalue weighted by atomic mass is 16.3. The van der Waals surface area contributed by atoms with E-state index in [9.17, 15) is 9.90 Å². The minimum atomic E-state index is -0.229. The van der Waals surface area contributed by atoms with Gasteiger partial charge in [-0.25, -0.2) is 0 Å². The van der Waals surface area contributed by atoms with Crippen LogP contribution in [0.4, 0.5) is 0 Å². The molecule has 0 aliphatic heterocycles. The van der Waals surface area contributed by atoms with E-state index in [-0.39, 0.29) is 5.91 Å². The number of nitrogens with one attached hydrogen (secondary N) is 1. The Kier molecular flexibility index (Phi) is 4.80. The van der Waals surface area contributed by atoms with Crippen LogP contribution in [0.25, 0.3) is 0 Å². The zero-order valence-electron chi connectivity index (χ0n) is 11.2. The number of phenolic OH excluding ortho intramolecular Hbond substituents is 1. The summed E-state index contributed by atoms with van der Waals surface area (Å²) in [6, 6.07) is 5.97. The lowest BCUT2D eigenvalue weighted by atomic mass is 9.87. The number of carbonyl (C=O) groups is 1. The van der Waals surface area contributed by atoms with Crippen LogP contribution in [0.2, 0.25) is 0 Å². The van der Waals surface area contributed by atoms with Gasteiger partial charge in [0.2, 0.25) is 5.91 Å². The number of aryl methyl sites for hydroxylation is 1. The molecule has 4 nitrogen and oxygen atoms in total. The van der Waals surface area contributed by atoms with Crippen molar-refractivity contribution in [2.24, 2.45) is 5.73 Å². The molecule has 1 unspecified atom stereocenters. The second kappa shape index (κ2) is 6.57. The van der Waals surface area contributed by atoms with E-state index in [1.807, 2.05) is 12.1 Å². The van der Waals surface area contributed by atoms with Gasteiger partial charge in [-0.05, 0) is 61.9 Å². The molecule has 2 rings (SSSR count). The Hall–Kier alpha value is -1.55. The molecule has 1 aromatic carbocycles. The number of nitrogens with two attached hydrogens (primary N) is 1. The van der Waals surface area contributed by atoms with Gasteiger partial charge >= 0.3 is 0 Å². The smallest absolute Gasteiger partial charge is 0.217 e. The number of phenols is 1. The van der Waals surface area contributed by atoms with E-state index >= 15 is 0 Å². The van der Waals surface area contributed by atoms with Crippen LogP contribution < -0.4 is 11.1 Å². The predicted molar refractivity (Wildman–Crippen MR) is 74.8 cm³/mol. The summed E-state index contributed by atoms with van der Waals surface area (Å²) in [6.45, 7) is 0.882. The van der Waals surface area contributed by atoms with Gasteiger partial charge in [0.15, 0.2) is 0 Å². The number of unbranched alkanes of at least 4 members (excludes halogenated alkanes) is 1. The van der Waals surface area contributed by atoms with E-state index in [1.54, 1.807) is 6.07 Å². The Labute approximate surface area is 114 Å². The SMILES string of the molecule is NC(=O)CCCCNC1CCCc2ccc(O)cc21. The normalized spacial score (nSPS) is 18.0. The molecular formula is C15H22N2O2. The van der Waals surface area contributed by atoms with Crippen molar-refractivity contribution in [1.82, 2.24) is 5.32 Å². The number of carbonyl (C=O) groups excluding carboxylic acids is 1. The monoisotopic (exact) mass is 262 g/mol. The molecule has 0 radical (unpaired) electrons. The zero-order chi connectivity index (χ0) is 13.7. The highest BCUT2D eigenvalue weighted by molar-refractivity contribution is 5.73. The number of hydrogen-bond acceptors (Lipinski definition) is 3. The minimum Gasteiger partial charge on any atom is -0.508 e. The molecule has 1 amide bonds. The molecule has 0 heterocycles. The Morgan fingerprint density at radius 3 is 3.05 bits per heavy atom. The van der Waals surface area contributed by atoms with Crippen LogP contribution in [0.3, 0.4) is 0 Å². The van der Waals surface area contributed by atoms with Gasteiger partial charge in [-0.15, -0.1) is 0 Å². The van der Waals surface area contributed by atoms with Crippen molar-refractivity contribution in [3.05, 3.63) is 29.3 Å². The molecule has 0 saturated carbocycles. The van der Waals surface area contributed by atoms with Crippen LogP contribution in [0.5, 0.6) is 5.75 Å². The summed E-state index contributed by atoms with van der Waals surface area (Å²) in [5, 5.41) is 13.1. The molecule has 1 aliphatic carbocycles. The zero-order valence-corrected chi connectivity index (χ0v) is 11.2. The van der Waals surface area contributed by atoms with Gasteiger partial charge in [0, 0.05) is 12.5 Å². The second-order valence-corrected chi connectivity index (χ2v) is 5.21. The first-order valence-electron chi connectivity index (χ1n) is 7.00. The van der Waals surface area contributed by atoms with Crippen molar-refractivity contribution in [3.63, 3.8) is 0 Å². The molecular weight excluding hydrogens is 240 g/mol. The van der Waals surface area contributed by atoms with Crippen molar-refractivity contribution in [2.45, 2.75) is 44.6 Å². The fourth-order valence-electron chi connectivity index (χ4n) is 2.70. The maximum absolute atomic E-state index is 10.6. The highest BCUT2D eigenvalue weighted by Gasteiger charge is 2.19. The topological polar surface area (TPSA) is 75.4 Å². The van der Waals surface area contributed by atoms with Gasteiger partial charge in [-0.1, -0.05) is 6.07 Å². The fraction of sp³-hybridized carbons (Fsp3) is 0.533. The molecule has 1 atom stereocenters. The second-order valence-electron chi connectivity index (χ2n) is 5.21. The van der Waals surface area contributed by atoms with Crippen LogP contribution >= 0.6 is 0 Å². The van der Waals surface area contributed by atoms with Crippen molar-refractivity contribution in [1.29, 1.82) is 0 Å². The first-order chi connectivity index (χ1) is 9.16. The Balaban J connectivity index is 1.85. The van der Waals surface area contributed by atoms with Crippen LogP contribution in [0.15, 0.2) is 18.2 Å². The van der Waals surface area contributed by atoms with Gasteiger partial charge < -0.3 is 16.2 Å². The average molecular weight is 262 g/mol. The molecule has 4 N–H and O–H groups in total. The van der Waals surface area contributed by atoms with E-state index in [2.05, 4.69) is 5.32 Å². The summed E-state index contributed by atoms with van der Waals surface area (Å²) in [4.78, 5) is 10.6. The number of hydrogen-bond donors (Lipinski definition) is 3. The Bertz CT molecular complexity index is 446. The number of primary amides is 1. The number of benzene rings is 1. The summed E-state index contributed by atoms with van der Waals surface area (Å²) in [6.07, 6.45) is 5.62. The third-order valence-electron chi connectivity index (χ3n) is 3.68. The van der Waals surface area contributed by atoms with Crippen LogP contribution in [-0.2, 0) is 11.2 Å². The van der Waals surface area contributed by atoms with Crippen molar-refractivity contribution in [3.8, 4) is 5.75 Å². The van der Waals surface area contributed by atoms with Gasteiger partial charge in [-0.2, -0.15) is 0 Å². The third kappa shape index (κ3) is 3.96. The van der Waals surface area contributed by atoms with E-state index in [1.165, 1.54) is 17.5 Å². The highest BCUT2D eigenvalue weighted by Crippen LogP contribution is 2.31. The summed E-state index contributed by atoms with van der Waals surface area (Å²) in [7, 11) is 0. The van der Waals surface area contributed by atoms with E-state index in [0.717, 1.165) is 32.2 Å². The molecule has 0 saturated heterocycles. The van der Waals surface area contributed by atoms with Crippen LogP contribution in [0.1, 0.15) is 49.3 Å². The molecule has 1 aliphatic rings. The summed E-state index contributed by atoms with van der Waals surface area (Å²) in [5.41, 5.74) is 7.67. The molecule has 0 spiro atoms. The van der Waals surface area contributed by atoms with E-state index < -0.39 is 0 Å². The predicted octanol–water partition coefficient (Wildman–Crippen LogP) is 2.01. The molecule has 0 bridgehead atoms. The molecule has 1 aromatic rings. The first-order valence-corrected chi connectivity index (χ1v) is 7.00. The van der Waals surface area contributed by atoms with Crippen molar-refractivity contribution < 1.29 is 9.90 Å². The van der Waals surface area contributed by atoms with E-state index in [4.69, 9.17) is 5.73 Å². The first kappa shape index (κ1) is 13.9. The van der Waals surface area contributed by atoms with Crippen LogP contribution in [-0.4, -0.2) is 17.6 Å². The minimum absolute atomic E-state index is 0.229. The van der Waals surface area contributed by atoms with Gasteiger partial charge in [0.05, 0.1) is 0 Å². The van der Waals surface area contributed by atoms with Crippen LogP contribution in [0, 0.1) is 0 Å². The number of aromatic hydroxyl groups is 1. The molecule has 0 aromatic heterocycles. The maximum atomic E-state index is 10.6. The summed E-state index contributed by atoms with van der Waals surface area (Å²) in [5.74, 6) is 0.106. The van der Waals surface area contributed by atoms with E-state index in [0.29, 0.717) is 18.2 Å². The lowest BCUT2D eigenvalue weighted by Crippen LogP contribution is -2.26. The summed E-state index contributed by atoms with van der Waals surface area (Å²) < 4.78 is 0. The van der Waals surface area contributed by atoms with Crippen molar-refractivity contribution in [2.75, 3.05) is 6.54 Å². The molecule has 4 heteroatoms. The van der Waals surface area contributed by atoms with Gasteiger partial charge in [-0.3, -0.25) is 4.79 Å². The fourth-order valence-corrected chi connectivity index (χ4v) is 2.70. The standard InChI is InChI=1S/C15H22N2O2/c16-15(19)6-1-2-9-17-14-5-3-4-11-7-8-12(18)10-13(11)14/h7-8,10,14,17-18H,1-6,9H2,(H2,16,19). The number of amides is 1. The largest absolute Gasteiger partial charge is 0.508 e. The van der Waals surface area contributed by atoms with Gasteiger partial charge in [0.25, 0.3) is 0 Å². The summed E-state index contributed by atoms with van der Waals surface area (Å²) >= 11 is 0. The quantitative estimate of drug-likeness (QED) is 0.686. The number of rotatable bonds is 6.